The van der Waals surface area contributed by atoms with Gasteiger partial charge in [-0.15, -0.1) is 0 Å². The zero-order valence-electron chi connectivity index (χ0n) is 14.8. The minimum absolute atomic E-state index is 0.127. The predicted octanol–water partition coefficient (Wildman–Crippen LogP) is 2.15. The molecule has 7 heteroatoms. The Hall–Kier alpha value is -3.09. The molecule has 3 N–H and O–H groups in total. The van der Waals surface area contributed by atoms with Gasteiger partial charge in [0.2, 0.25) is 0 Å². The van der Waals surface area contributed by atoms with Gasteiger partial charge in [-0.1, -0.05) is 12.1 Å². The summed E-state index contributed by atoms with van der Waals surface area (Å²) in [7, 11) is 0. The standard InChI is InChI=1S/C19H23N5O2/c1-14-6-7-17(23-13-14)20-8-3-9-21-18(25)15-4-2-5-16(12-15)24-11-10-22-19(24)26/h2,4-7,12-13H,3,8-11H2,1H3,(H,20,23)(H,21,25)(H,22,26). The average Bonchev–Trinajstić information content (AvgIpc) is 3.09. The largest absolute Gasteiger partial charge is 0.370 e. The second-order valence-corrected chi connectivity index (χ2v) is 6.19. The molecule has 0 spiro atoms. The second-order valence-electron chi connectivity index (χ2n) is 6.19. The van der Waals surface area contributed by atoms with E-state index in [1.165, 1.54) is 0 Å². The number of aryl methyl sites for hydroxylation is 1. The summed E-state index contributed by atoms with van der Waals surface area (Å²) >= 11 is 0. The Labute approximate surface area is 152 Å². The van der Waals surface area contributed by atoms with Gasteiger partial charge in [-0.25, -0.2) is 9.78 Å². The Morgan fingerprint density at radius 1 is 1.27 bits per heavy atom. The fourth-order valence-corrected chi connectivity index (χ4v) is 2.71. The number of rotatable bonds is 7. The lowest BCUT2D eigenvalue weighted by molar-refractivity contribution is 0.0953. The summed E-state index contributed by atoms with van der Waals surface area (Å²) in [6.07, 6.45) is 2.60. The van der Waals surface area contributed by atoms with Crippen molar-refractivity contribution in [3.8, 4) is 0 Å². The second kappa shape index (κ2) is 8.33. The van der Waals surface area contributed by atoms with Crippen LogP contribution in [0.1, 0.15) is 22.3 Å². The summed E-state index contributed by atoms with van der Waals surface area (Å²) in [6.45, 7) is 4.52. The molecule has 26 heavy (non-hydrogen) atoms. The molecule has 7 nitrogen and oxygen atoms in total. The van der Waals surface area contributed by atoms with Crippen LogP contribution in [0.15, 0.2) is 42.6 Å². The molecular formula is C19H23N5O2. The number of hydrogen-bond donors (Lipinski definition) is 3. The highest BCUT2D eigenvalue weighted by atomic mass is 16.2. The monoisotopic (exact) mass is 353 g/mol. The predicted molar refractivity (Wildman–Crippen MR) is 102 cm³/mol. The molecule has 1 aromatic heterocycles. The van der Waals surface area contributed by atoms with Crippen molar-refractivity contribution in [2.45, 2.75) is 13.3 Å². The first-order valence-electron chi connectivity index (χ1n) is 8.73. The Kier molecular flexibility index (Phi) is 5.68. The van der Waals surface area contributed by atoms with Gasteiger partial charge in [0.1, 0.15) is 5.82 Å². The first-order valence-corrected chi connectivity index (χ1v) is 8.73. The molecule has 1 aliphatic rings. The fraction of sp³-hybridized carbons (Fsp3) is 0.316. The van der Waals surface area contributed by atoms with Crippen molar-refractivity contribution in [1.29, 1.82) is 0 Å². The number of carbonyl (C=O) groups excluding carboxylic acids is 2. The molecule has 1 aromatic carbocycles. The van der Waals surface area contributed by atoms with E-state index in [-0.39, 0.29) is 11.9 Å². The Morgan fingerprint density at radius 3 is 2.88 bits per heavy atom. The van der Waals surface area contributed by atoms with Crippen LogP contribution in [0.5, 0.6) is 0 Å². The van der Waals surface area contributed by atoms with Crippen LogP contribution >= 0.6 is 0 Å². The maximum atomic E-state index is 12.3. The molecule has 0 radical (unpaired) electrons. The van der Waals surface area contributed by atoms with Crippen molar-refractivity contribution >= 4 is 23.4 Å². The SMILES string of the molecule is Cc1ccc(NCCCNC(=O)c2cccc(N3CCNC3=O)c2)nc1. The fourth-order valence-electron chi connectivity index (χ4n) is 2.71. The topological polar surface area (TPSA) is 86.4 Å². The van der Waals surface area contributed by atoms with Gasteiger partial charge in [-0.05, 0) is 43.2 Å². The third-order valence-corrected chi connectivity index (χ3v) is 4.13. The number of hydrogen-bond acceptors (Lipinski definition) is 4. The lowest BCUT2D eigenvalue weighted by atomic mass is 10.1. The molecule has 1 aliphatic heterocycles. The number of carbonyl (C=O) groups is 2. The molecule has 0 aliphatic carbocycles. The first kappa shape index (κ1) is 17.7. The van der Waals surface area contributed by atoms with Crippen molar-refractivity contribution in [2.75, 3.05) is 36.4 Å². The molecule has 3 rings (SSSR count). The van der Waals surface area contributed by atoms with Crippen molar-refractivity contribution in [2.24, 2.45) is 0 Å². The summed E-state index contributed by atoms with van der Waals surface area (Å²) in [5.41, 5.74) is 2.41. The molecule has 136 valence electrons. The van der Waals surface area contributed by atoms with Crippen LogP contribution in [-0.2, 0) is 0 Å². The van der Waals surface area contributed by atoms with E-state index >= 15 is 0 Å². The third-order valence-electron chi connectivity index (χ3n) is 4.13. The van der Waals surface area contributed by atoms with Gasteiger partial charge in [0, 0.05) is 43.6 Å². The number of pyridine rings is 1. The smallest absolute Gasteiger partial charge is 0.321 e. The first-order chi connectivity index (χ1) is 12.6. The van der Waals surface area contributed by atoms with Gasteiger partial charge < -0.3 is 16.0 Å². The highest BCUT2D eigenvalue weighted by molar-refractivity contribution is 5.98. The number of nitrogens with one attached hydrogen (secondary N) is 3. The van der Waals surface area contributed by atoms with E-state index in [1.54, 1.807) is 23.1 Å². The molecule has 0 saturated carbocycles. The van der Waals surface area contributed by atoms with E-state index in [2.05, 4.69) is 20.9 Å². The quantitative estimate of drug-likeness (QED) is 0.666. The van der Waals surface area contributed by atoms with Crippen LogP contribution in [0, 0.1) is 6.92 Å². The van der Waals surface area contributed by atoms with Crippen LogP contribution in [-0.4, -0.2) is 43.1 Å². The van der Waals surface area contributed by atoms with E-state index in [0.29, 0.717) is 25.2 Å². The highest BCUT2D eigenvalue weighted by Gasteiger charge is 2.21. The summed E-state index contributed by atoms with van der Waals surface area (Å²) in [4.78, 5) is 29.9. The molecule has 3 amide bonds. The molecule has 1 saturated heterocycles. The number of urea groups is 1. The van der Waals surface area contributed by atoms with Crippen molar-refractivity contribution in [3.63, 3.8) is 0 Å². The van der Waals surface area contributed by atoms with Gasteiger partial charge >= 0.3 is 6.03 Å². The Balaban J connectivity index is 1.44. The highest BCUT2D eigenvalue weighted by Crippen LogP contribution is 2.18. The van der Waals surface area contributed by atoms with Crippen molar-refractivity contribution in [3.05, 3.63) is 53.7 Å². The lowest BCUT2D eigenvalue weighted by Crippen LogP contribution is -2.29. The van der Waals surface area contributed by atoms with Crippen LogP contribution < -0.4 is 20.9 Å². The Bertz CT molecular complexity index is 776. The maximum absolute atomic E-state index is 12.3. The Morgan fingerprint density at radius 2 is 2.15 bits per heavy atom. The van der Waals surface area contributed by atoms with Gasteiger partial charge in [0.25, 0.3) is 5.91 Å². The van der Waals surface area contributed by atoms with E-state index in [4.69, 9.17) is 0 Å². The van der Waals surface area contributed by atoms with Gasteiger partial charge in [-0.3, -0.25) is 9.69 Å². The molecule has 0 unspecified atom stereocenters. The zero-order valence-corrected chi connectivity index (χ0v) is 14.8. The van der Waals surface area contributed by atoms with E-state index in [1.807, 2.05) is 31.3 Å². The summed E-state index contributed by atoms with van der Waals surface area (Å²) < 4.78 is 0. The number of benzene rings is 1. The van der Waals surface area contributed by atoms with E-state index in [0.717, 1.165) is 30.0 Å². The lowest BCUT2D eigenvalue weighted by Gasteiger charge is -2.15. The maximum Gasteiger partial charge on any atom is 0.321 e. The van der Waals surface area contributed by atoms with Gasteiger partial charge in [0.15, 0.2) is 0 Å². The molecule has 0 atom stereocenters. The van der Waals surface area contributed by atoms with Crippen molar-refractivity contribution < 1.29 is 9.59 Å². The van der Waals surface area contributed by atoms with Crippen LogP contribution in [0.3, 0.4) is 0 Å². The molecule has 2 aromatic rings. The summed E-state index contributed by atoms with van der Waals surface area (Å²) in [5.74, 6) is 0.693. The molecule has 0 bridgehead atoms. The number of amides is 3. The molecule has 1 fully saturated rings. The van der Waals surface area contributed by atoms with E-state index in [9.17, 15) is 9.59 Å². The normalized spacial score (nSPS) is 13.4. The average molecular weight is 353 g/mol. The number of anilines is 2. The van der Waals surface area contributed by atoms with Crippen molar-refractivity contribution in [1.82, 2.24) is 15.6 Å². The minimum Gasteiger partial charge on any atom is -0.370 e. The van der Waals surface area contributed by atoms with Gasteiger partial charge in [0.05, 0.1) is 0 Å². The van der Waals surface area contributed by atoms with E-state index < -0.39 is 0 Å². The van der Waals surface area contributed by atoms with Crippen LogP contribution in [0.2, 0.25) is 0 Å². The number of nitrogens with zero attached hydrogens (tertiary/aromatic N) is 2. The van der Waals surface area contributed by atoms with Crippen LogP contribution in [0.4, 0.5) is 16.3 Å². The molecular weight excluding hydrogens is 330 g/mol. The number of aromatic nitrogens is 1. The summed E-state index contributed by atoms with van der Waals surface area (Å²) in [5, 5.41) is 8.88. The summed E-state index contributed by atoms with van der Waals surface area (Å²) in [6, 6.07) is 10.9. The van der Waals surface area contributed by atoms with Gasteiger partial charge in [-0.2, -0.15) is 0 Å². The minimum atomic E-state index is -0.139. The zero-order chi connectivity index (χ0) is 18.4. The van der Waals surface area contributed by atoms with Crippen LogP contribution in [0.25, 0.3) is 0 Å². The third kappa shape index (κ3) is 4.50. The molecule has 2 heterocycles.